The van der Waals surface area contributed by atoms with Gasteiger partial charge in [0.25, 0.3) is 5.91 Å². The van der Waals surface area contributed by atoms with Gasteiger partial charge in [-0.2, -0.15) is 5.10 Å². The lowest BCUT2D eigenvalue weighted by Gasteiger charge is -2.32. The van der Waals surface area contributed by atoms with Gasteiger partial charge < -0.3 is 10.2 Å². The lowest BCUT2D eigenvalue weighted by molar-refractivity contribution is -0.126. The Kier molecular flexibility index (Phi) is 5.54. The summed E-state index contributed by atoms with van der Waals surface area (Å²) in [4.78, 5) is 27.5. The first-order chi connectivity index (χ1) is 13.9. The summed E-state index contributed by atoms with van der Waals surface area (Å²) >= 11 is 5.29. The summed E-state index contributed by atoms with van der Waals surface area (Å²) in [6, 6.07) is 6.30. The smallest absolute Gasteiger partial charge is 0.253 e. The van der Waals surface area contributed by atoms with Crippen molar-refractivity contribution < 1.29 is 9.59 Å². The maximum atomic E-state index is 12.9. The summed E-state index contributed by atoms with van der Waals surface area (Å²) in [6.45, 7) is 5.48. The molecule has 1 aromatic heterocycles. The van der Waals surface area contributed by atoms with Crippen LogP contribution in [-0.4, -0.2) is 44.6 Å². The van der Waals surface area contributed by atoms with Crippen LogP contribution in [0.3, 0.4) is 0 Å². The number of aryl methyl sites for hydroxylation is 2. The van der Waals surface area contributed by atoms with Gasteiger partial charge in [0.2, 0.25) is 5.91 Å². The number of likely N-dealkylation sites (tertiary alicyclic amines) is 1. The highest BCUT2D eigenvalue weighted by molar-refractivity contribution is 7.71. The summed E-state index contributed by atoms with van der Waals surface area (Å²) in [5, 5.41) is 10.1. The normalized spacial score (nSPS) is 19.2. The molecule has 29 heavy (non-hydrogen) atoms. The molecule has 2 aromatic rings. The standard InChI is InChI=1S/C21H27N5O2S/c1-13-8-14(2)10-16(9-13)20(28)25-7-3-4-15(12-25)19(27)22-11-18-23-24-21(29)26(18)17-5-6-17/h8-10,15,17H,3-7,11-12H2,1-2H3,(H,22,27)(H,24,29). The van der Waals surface area contributed by atoms with Gasteiger partial charge >= 0.3 is 0 Å². The largest absolute Gasteiger partial charge is 0.348 e. The third-order valence-corrected chi connectivity index (χ3v) is 5.95. The van der Waals surface area contributed by atoms with Crippen molar-refractivity contribution >= 4 is 24.0 Å². The van der Waals surface area contributed by atoms with Crippen molar-refractivity contribution in [2.24, 2.45) is 5.92 Å². The predicted molar refractivity (Wildman–Crippen MR) is 112 cm³/mol. The third-order valence-electron chi connectivity index (χ3n) is 5.66. The van der Waals surface area contributed by atoms with E-state index >= 15 is 0 Å². The predicted octanol–water partition coefficient (Wildman–Crippen LogP) is 3.06. The Morgan fingerprint density at radius 3 is 2.62 bits per heavy atom. The maximum absolute atomic E-state index is 12.9. The highest BCUT2D eigenvalue weighted by Crippen LogP contribution is 2.35. The molecule has 1 saturated carbocycles. The summed E-state index contributed by atoms with van der Waals surface area (Å²) in [5.74, 6) is 0.544. The minimum Gasteiger partial charge on any atom is -0.348 e. The molecule has 2 aliphatic rings. The van der Waals surface area contributed by atoms with Crippen LogP contribution in [0.1, 0.15) is 59.0 Å². The minimum atomic E-state index is -0.199. The molecule has 4 rings (SSSR count). The SMILES string of the molecule is Cc1cc(C)cc(C(=O)N2CCCC(C(=O)NCc3n[nH]c(=S)n3C3CC3)C2)c1. The van der Waals surface area contributed by atoms with Gasteiger partial charge in [-0.05, 0) is 63.9 Å². The minimum absolute atomic E-state index is 0.00363. The van der Waals surface area contributed by atoms with Crippen molar-refractivity contribution in [3.8, 4) is 0 Å². The molecule has 2 amide bonds. The molecule has 154 valence electrons. The average molecular weight is 414 g/mol. The fourth-order valence-corrected chi connectivity index (χ4v) is 4.44. The van der Waals surface area contributed by atoms with Gasteiger partial charge in [-0.3, -0.25) is 19.3 Å². The van der Waals surface area contributed by atoms with E-state index in [1.54, 1.807) is 0 Å². The molecule has 0 bridgehead atoms. The highest BCUT2D eigenvalue weighted by Gasteiger charge is 2.30. The fourth-order valence-electron chi connectivity index (χ4n) is 4.14. The first kappa shape index (κ1) is 19.8. The Bertz CT molecular complexity index is 971. The van der Waals surface area contributed by atoms with Crippen LogP contribution in [-0.2, 0) is 11.3 Å². The van der Waals surface area contributed by atoms with E-state index in [0.717, 1.165) is 42.6 Å². The van der Waals surface area contributed by atoms with E-state index in [1.807, 2.05) is 35.4 Å². The maximum Gasteiger partial charge on any atom is 0.253 e. The molecule has 1 unspecified atom stereocenters. The van der Waals surface area contributed by atoms with E-state index in [0.29, 0.717) is 36.0 Å². The van der Waals surface area contributed by atoms with Crippen LogP contribution in [0.25, 0.3) is 0 Å². The van der Waals surface area contributed by atoms with Gasteiger partial charge in [0.1, 0.15) is 0 Å². The second-order valence-electron chi connectivity index (χ2n) is 8.23. The molecule has 1 aromatic carbocycles. The van der Waals surface area contributed by atoms with Gasteiger partial charge in [-0.15, -0.1) is 0 Å². The Labute approximate surface area is 175 Å². The van der Waals surface area contributed by atoms with Crippen molar-refractivity contribution in [1.29, 1.82) is 0 Å². The number of amides is 2. The van der Waals surface area contributed by atoms with Crippen LogP contribution in [0.15, 0.2) is 18.2 Å². The zero-order valence-electron chi connectivity index (χ0n) is 16.9. The van der Waals surface area contributed by atoms with E-state index < -0.39 is 0 Å². The number of nitrogens with zero attached hydrogens (tertiary/aromatic N) is 3. The molecule has 8 heteroatoms. The number of hydrogen-bond donors (Lipinski definition) is 2. The number of aromatic amines is 1. The molecule has 7 nitrogen and oxygen atoms in total. The van der Waals surface area contributed by atoms with Gasteiger partial charge in [0.15, 0.2) is 10.6 Å². The molecular formula is C21H27N5O2S. The van der Waals surface area contributed by atoms with Gasteiger partial charge in [-0.1, -0.05) is 17.2 Å². The zero-order valence-corrected chi connectivity index (χ0v) is 17.7. The number of benzene rings is 1. The molecule has 1 atom stereocenters. The van der Waals surface area contributed by atoms with Crippen molar-refractivity contribution in [3.63, 3.8) is 0 Å². The summed E-state index contributed by atoms with van der Waals surface area (Å²) in [6.07, 6.45) is 3.83. The van der Waals surface area contributed by atoms with Crippen LogP contribution < -0.4 is 5.32 Å². The number of nitrogens with one attached hydrogen (secondary N) is 2. The van der Waals surface area contributed by atoms with Gasteiger partial charge in [0.05, 0.1) is 12.5 Å². The summed E-state index contributed by atoms with van der Waals surface area (Å²) in [7, 11) is 0. The van der Waals surface area contributed by atoms with Crippen LogP contribution in [0.4, 0.5) is 0 Å². The van der Waals surface area contributed by atoms with E-state index in [9.17, 15) is 9.59 Å². The second kappa shape index (κ2) is 8.10. The van der Waals surface area contributed by atoms with E-state index in [-0.39, 0.29) is 17.7 Å². The molecule has 0 spiro atoms. The van der Waals surface area contributed by atoms with Crippen LogP contribution >= 0.6 is 12.2 Å². The van der Waals surface area contributed by atoms with Crippen LogP contribution in [0.5, 0.6) is 0 Å². The Morgan fingerprint density at radius 2 is 1.93 bits per heavy atom. The molecule has 1 saturated heterocycles. The first-order valence-corrected chi connectivity index (χ1v) is 10.6. The van der Waals surface area contributed by atoms with Crippen molar-refractivity contribution in [2.75, 3.05) is 13.1 Å². The van der Waals surface area contributed by atoms with Crippen molar-refractivity contribution in [2.45, 2.75) is 52.1 Å². The number of H-pyrrole nitrogens is 1. The monoisotopic (exact) mass is 413 g/mol. The van der Waals surface area contributed by atoms with E-state index in [1.165, 1.54) is 0 Å². The number of piperidine rings is 1. The quantitative estimate of drug-likeness (QED) is 0.738. The molecule has 0 radical (unpaired) electrons. The number of rotatable bonds is 5. The van der Waals surface area contributed by atoms with Crippen LogP contribution in [0.2, 0.25) is 0 Å². The first-order valence-electron chi connectivity index (χ1n) is 10.2. The molecular weight excluding hydrogens is 386 g/mol. The van der Waals surface area contributed by atoms with E-state index in [4.69, 9.17) is 12.2 Å². The number of carbonyl (C=O) groups is 2. The van der Waals surface area contributed by atoms with Gasteiger partial charge in [-0.25, -0.2) is 0 Å². The van der Waals surface area contributed by atoms with Gasteiger partial charge in [0, 0.05) is 24.7 Å². The van der Waals surface area contributed by atoms with Crippen molar-refractivity contribution in [3.05, 3.63) is 45.5 Å². The topological polar surface area (TPSA) is 83.0 Å². The highest BCUT2D eigenvalue weighted by atomic mass is 32.1. The summed E-state index contributed by atoms with van der Waals surface area (Å²) in [5.41, 5.74) is 2.84. The Morgan fingerprint density at radius 1 is 1.21 bits per heavy atom. The van der Waals surface area contributed by atoms with E-state index in [2.05, 4.69) is 21.6 Å². The zero-order chi connectivity index (χ0) is 20.5. The molecule has 1 aliphatic carbocycles. The summed E-state index contributed by atoms with van der Waals surface area (Å²) < 4.78 is 2.62. The molecule has 1 aliphatic heterocycles. The third kappa shape index (κ3) is 4.42. The molecule has 2 N–H and O–H groups in total. The molecule has 2 fully saturated rings. The lowest BCUT2D eigenvalue weighted by atomic mass is 9.96. The van der Waals surface area contributed by atoms with Crippen LogP contribution in [0, 0.1) is 24.5 Å². The lowest BCUT2D eigenvalue weighted by Crippen LogP contribution is -2.45. The number of aromatic nitrogens is 3. The fraction of sp³-hybridized carbons (Fsp3) is 0.524. The molecule has 2 heterocycles. The number of carbonyl (C=O) groups excluding carboxylic acids is 2. The Balaban J connectivity index is 1.38. The second-order valence-corrected chi connectivity index (χ2v) is 8.62. The Hall–Kier alpha value is -2.48. The van der Waals surface area contributed by atoms with Crippen molar-refractivity contribution in [1.82, 2.24) is 25.0 Å². The average Bonchev–Trinajstić information content (AvgIpc) is 3.47. The number of hydrogen-bond acceptors (Lipinski definition) is 4.